The van der Waals surface area contributed by atoms with Crippen molar-refractivity contribution >= 4 is 17.2 Å². The molecule has 0 saturated carbocycles. The predicted molar refractivity (Wildman–Crippen MR) is 82.1 cm³/mol. The molecule has 3 nitrogen and oxygen atoms in total. The van der Waals surface area contributed by atoms with E-state index in [2.05, 4.69) is 24.1 Å². The highest BCUT2D eigenvalue weighted by Crippen LogP contribution is 2.41. The molecule has 3 aliphatic rings. The molecular weight excluding hydrogens is 262 g/mol. The van der Waals surface area contributed by atoms with Crippen molar-refractivity contribution in [3.8, 4) is 0 Å². The van der Waals surface area contributed by atoms with Gasteiger partial charge in [0, 0.05) is 28.7 Å². The van der Waals surface area contributed by atoms with Crippen molar-refractivity contribution in [3.05, 3.63) is 64.4 Å². The molecule has 104 valence electrons. The van der Waals surface area contributed by atoms with Crippen LogP contribution in [0.1, 0.15) is 36.2 Å². The van der Waals surface area contributed by atoms with Gasteiger partial charge in [-0.15, -0.1) is 0 Å². The van der Waals surface area contributed by atoms with E-state index in [0.29, 0.717) is 12.0 Å². The lowest BCUT2D eigenvalue weighted by Gasteiger charge is -2.20. The summed E-state index contributed by atoms with van der Waals surface area (Å²) in [6.07, 6.45) is 4.98. The number of nitrogens with zero attached hydrogens (tertiary/aromatic N) is 1. The number of aliphatic imine (C=N–C) groups is 1. The van der Waals surface area contributed by atoms with Gasteiger partial charge in [0.25, 0.3) is 5.91 Å². The maximum atomic E-state index is 12.2. The number of carbonyl (C=O) groups excluding carboxylic acids is 1. The second-order valence-electron chi connectivity index (χ2n) is 5.61. The molecule has 2 aliphatic heterocycles. The fraction of sp³-hybridized carbons (Fsp3) is 0.222. The van der Waals surface area contributed by atoms with Crippen LogP contribution in [0.4, 0.5) is 0 Å². The number of allylic oxidation sites excluding steroid dienone is 3. The van der Waals surface area contributed by atoms with Gasteiger partial charge in [0.2, 0.25) is 0 Å². The average molecular weight is 277 g/mol. The fourth-order valence-corrected chi connectivity index (χ4v) is 3.14. The van der Waals surface area contributed by atoms with Gasteiger partial charge in [-0.05, 0) is 31.6 Å². The summed E-state index contributed by atoms with van der Waals surface area (Å²) < 4.78 is 6.03. The third kappa shape index (κ3) is 1.74. The summed E-state index contributed by atoms with van der Waals surface area (Å²) in [5.74, 6) is 0.710. The quantitative estimate of drug-likeness (QED) is 0.725. The Balaban J connectivity index is 2.05. The highest BCUT2D eigenvalue weighted by molar-refractivity contribution is 6.33. The van der Waals surface area contributed by atoms with E-state index < -0.39 is 0 Å². The number of hydrogen-bond acceptors (Lipinski definition) is 2. The lowest BCUT2D eigenvalue weighted by Crippen LogP contribution is -2.17. The molecule has 21 heavy (non-hydrogen) atoms. The van der Waals surface area contributed by atoms with E-state index in [0.717, 1.165) is 28.2 Å². The SMILES string of the molecule is CC1=CCC2=NC(=O)c3ccccc3C2=C2OC(C)C=C12. The first-order chi connectivity index (χ1) is 10.1. The number of fused-ring (bicyclic) bond motifs is 4. The zero-order chi connectivity index (χ0) is 14.6. The molecule has 3 heteroatoms. The Morgan fingerprint density at radius 3 is 2.81 bits per heavy atom. The minimum absolute atomic E-state index is 0.0509. The third-order valence-corrected chi connectivity index (χ3v) is 4.16. The van der Waals surface area contributed by atoms with Gasteiger partial charge in [0.15, 0.2) is 0 Å². The first kappa shape index (κ1) is 12.3. The van der Waals surface area contributed by atoms with Crippen LogP contribution in [0.2, 0.25) is 0 Å². The van der Waals surface area contributed by atoms with Crippen LogP contribution in [0.5, 0.6) is 0 Å². The summed E-state index contributed by atoms with van der Waals surface area (Å²) in [5, 5.41) is 0. The van der Waals surface area contributed by atoms with E-state index in [1.54, 1.807) is 0 Å². The monoisotopic (exact) mass is 277 g/mol. The van der Waals surface area contributed by atoms with Crippen molar-refractivity contribution in [3.63, 3.8) is 0 Å². The van der Waals surface area contributed by atoms with E-state index >= 15 is 0 Å². The zero-order valence-corrected chi connectivity index (χ0v) is 12.0. The molecule has 0 fully saturated rings. The van der Waals surface area contributed by atoms with Crippen molar-refractivity contribution in [1.29, 1.82) is 0 Å². The van der Waals surface area contributed by atoms with Crippen LogP contribution in [0.3, 0.4) is 0 Å². The Hall–Kier alpha value is -2.42. The second-order valence-corrected chi connectivity index (χ2v) is 5.61. The van der Waals surface area contributed by atoms with Crippen molar-refractivity contribution in [1.82, 2.24) is 0 Å². The molecule has 2 heterocycles. The van der Waals surface area contributed by atoms with Gasteiger partial charge in [0.05, 0.1) is 5.71 Å². The van der Waals surface area contributed by atoms with Crippen molar-refractivity contribution < 1.29 is 9.53 Å². The van der Waals surface area contributed by atoms with Crippen molar-refractivity contribution in [2.45, 2.75) is 26.4 Å². The lowest BCUT2D eigenvalue weighted by atomic mass is 9.90. The molecule has 1 aromatic rings. The molecule has 1 amide bonds. The average Bonchev–Trinajstić information content (AvgIpc) is 2.81. The topological polar surface area (TPSA) is 38.7 Å². The van der Waals surface area contributed by atoms with E-state index in [4.69, 9.17) is 4.74 Å². The summed E-state index contributed by atoms with van der Waals surface area (Å²) in [6, 6.07) is 7.64. The molecule has 1 aliphatic carbocycles. The van der Waals surface area contributed by atoms with Gasteiger partial charge in [-0.1, -0.05) is 24.3 Å². The molecule has 0 spiro atoms. The Morgan fingerprint density at radius 1 is 1.24 bits per heavy atom. The minimum Gasteiger partial charge on any atom is -0.485 e. The molecule has 0 radical (unpaired) electrons. The standard InChI is InChI=1S/C18H15NO2/c1-10-7-8-15-16(17-14(10)9-11(2)21-17)12-5-3-4-6-13(12)18(20)19-15/h3-7,9,11H,8H2,1-2H3. The normalized spacial score (nSPS) is 23.2. The van der Waals surface area contributed by atoms with E-state index in [1.165, 1.54) is 5.57 Å². The van der Waals surface area contributed by atoms with Crippen LogP contribution in [-0.4, -0.2) is 17.7 Å². The van der Waals surface area contributed by atoms with Crippen LogP contribution < -0.4 is 0 Å². The summed E-state index contributed by atoms with van der Waals surface area (Å²) in [7, 11) is 0. The van der Waals surface area contributed by atoms with E-state index in [-0.39, 0.29) is 12.0 Å². The third-order valence-electron chi connectivity index (χ3n) is 4.16. The van der Waals surface area contributed by atoms with Crippen molar-refractivity contribution in [2.24, 2.45) is 4.99 Å². The fourth-order valence-electron chi connectivity index (χ4n) is 3.14. The number of rotatable bonds is 0. The Kier molecular flexibility index (Phi) is 2.52. The molecule has 1 atom stereocenters. The van der Waals surface area contributed by atoms with Crippen LogP contribution >= 0.6 is 0 Å². The molecule has 1 unspecified atom stereocenters. The number of carbonyl (C=O) groups is 1. The van der Waals surface area contributed by atoms with Crippen LogP contribution in [0.15, 0.2) is 58.3 Å². The maximum Gasteiger partial charge on any atom is 0.277 e. The molecule has 4 rings (SSSR count). The highest BCUT2D eigenvalue weighted by atomic mass is 16.5. The predicted octanol–water partition coefficient (Wildman–Crippen LogP) is 3.69. The van der Waals surface area contributed by atoms with Crippen LogP contribution in [0, 0.1) is 0 Å². The van der Waals surface area contributed by atoms with Gasteiger partial charge in [-0.2, -0.15) is 0 Å². The largest absolute Gasteiger partial charge is 0.485 e. The van der Waals surface area contributed by atoms with Gasteiger partial charge in [-0.25, -0.2) is 4.99 Å². The summed E-state index contributed by atoms with van der Waals surface area (Å²) >= 11 is 0. The van der Waals surface area contributed by atoms with E-state index in [9.17, 15) is 4.79 Å². The Morgan fingerprint density at radius 2 is 2.00 bits per heavy atom. The number of amides is 1. The maximum absolute atomic E-state index is 12.2. The number of ether oxygens (including phenoxy) is 1. The van der Waals surface area contributed by atoms with Gasteiger partial charge < -0.3 is 4.74 Å². The molecular formula is C18H15NO2. The van der Waals surface area contributed by atoms with Crippen molar-refractivity contribution in [2.75, 3.05) is 0 Å². The molecule has 0 saturated heterocycles. The Labute approximate surface area is 123 Å². The number of benzene rings is 1. The van der Waals surface area contributed by atoms with Crippen LogP contribution in [0.25, 0.3) is 5.57 Å². The summed E-state index contributed by atoms with van der Waals surface area (Å²) in [4.78, 5) is 16.5. The lowest BCUT2D eigenvalue weighted by molar-refractivity contribution is 0.100. The number of hydrogen-bond donors (Lipinski definition) is 0. The van der Waals surface area contributed by atoms with E-state index in [1.807, 2.05) is 31.2 Å². The first-order valence-corrected chi connectivity index (χ1v) is 7.17. The second kappa shape index (κ2) is 4.29. The molecule has 0 bridgehead atoms. The smallest absolute Gasteiger partial charge is 0.277 e. The molecule has 0 aromatic heterocycles. The molecule has 0 N–H and O–H groups in total. The zero-order valence-electron chi connectivity index (χ0n) is 12.0. The first-order valence-electron chi connectivity index (χ1n) is 7.17. The van der Waals surface area contributed by atoms with Crippen LogP contribution in [-0.2, 0) is 4.74 Å². The minimum atomic E-state index is -0.158. The van der Waals surface area contributed by atoms with Gasteiger partial charge in [-0.3, -0.25) is 4.79 Å². The summed E-state index contributed by atoms with van der Waals surface area (Å²) in [6.45, 7) is 4.11. The molecule has 1 aromatic carbocycles. The summed E-state index contributed by atoms with van der Waals surface area (Å²) in [5.41, 5.74) is 5.70. The van der Waals surface area contributed by atoms with Gasteiger partial charge >= 0.3 is 0 Å². The highest BCUT2D eigenvalue weighted by Gasteiger charge is 2.33. The van der Waals surface area contributed by atoms with Gasteiger partial charge in [0.1, 0.15) is 11.9 Å². The Bertz CT molecular complexity index is 793.